The van der Waals surface area contributed by atoms with Gasteiger partial charge in [-0.25, -0.2) is 13.5 Å². The van der Waals surface area contributed by atoms with Gasteiger partial charge in [-0.15, -0.1) is 5.10 Å². The van der Waals surface area contributed by atoms with E-state index < -0.39 is 6.43 Å². The average Bonchev–Trinajstić information content (AvgIpc) is 2.66. The zero-order chi connectivity index (χ0) is 11.7. The monoisotopic (exact) mass is 223 g/mol. The van der Waals surface area contributed by atoms with Gasteiger partial charge in [-0.1, -0.05) is 22.9 Å². The van der Waals surface area contributed by atoms with Crippen LogP contribution in [-0.4, -0.2) is 15.0 Å². The molecule has 0 amide bonds. The molecule has 16 heavy (non-hydrogen) atoms. The van der Waals surface area contributed by atoms with Crippen LogP contribution in [0, 0.1) is 13.8 Å². The van der Waals surface area contributed by atoms with Gasteiger partial charge in [0.25, 0.3) is 6.43 Å². The van der Waals surface area contributed by atoms with Crippen molar-refractivity contribution in [3.63, 3.8) is 0 Å². The lowest BCUT2D eigenvalue weighted by molar-refractivity contribution is 0.146. The summed E-state index contributed by atoms with van der Waals surface area (Å²) < 4.78 is 26.1. The van der Waals surface area contributed by atoms with Crippen LogP contribution in [0.2, 0.25) is 0 Å². The van der Waals surface area contributed by atoms with Gasteiger partial charge in [0, 0.05) is 0 Å². The predicted molar refractivity (Wildman–Crippen MR) is 55.8 cm³/mol. The summed E-state index contributed by atoms with van der Waals surface area (Å²) in [5.74, 6) is 0. The highest BCUT2D eigenvalue weighted by Crippen LogP contribution is 2.19. The molecule has 0 unspecified atom stereocenters. The van der Waals surface area contributed by atoms with E-state index in [1.54, 1.807) is 0 Å². The summed E-state index contributed by atoms with van der Waals surface area (Å²) in [6.45, 7) is 3.88. The van der Waals surface area contributed by atoms with E-state index >= 15 is 0 Å². The fourth-order valence-corrected chi connectivity index (χ4v) is 1.56. The minimum absolute atomic E-state index is 0.306. The molecule has 2 rings (SSSR count). The van der Waals surface area contributed by atoms with E-state index in [9.17, 15) is 8.78 Å². The maximum atomic E-state index is 12.3. The van der Waals surface area contributed by atoms with E-state index in [-0.39, 0.29) is 5.69 Å². The average molecular weight is 223 g/mol. The van der Waals surface area contributed by atoms with Crippen molar-refractivity contribution < 1.29 is 8.78 Å². The zero-order valence-corrected chi connectivity index (χ0v) is 8.98. The van der Waals surface area contributed by atoms with Crippen molar-refractivity contribution in [3.8, 4) is 5.69 Å². The molecule has 1 heterocycles. The minimum Gasteiger partial charge on any atom is -0.220 e. The molecule has 0 fully saturated rings. The molecule has 0 aliphatic rings. The topological polar surface area (TPSA) is 30.7 Å². The van der Waals surface area contributed by atoms with Crippen LogP contribution < -0.4 is 0 Å². The van der Waals surface area contributed by atoms with Crippen LogP contribution in [0.3, 0.4) is 0 Å². The Labute approximate surface area is 91.7 Å². The Hall–Kier alpha value is -1.78. The van der Waals surface area contributed by atoms with Crippen LogP contribution in [0.15, 0.2) is 24.4 Å². The summed E-state index contributed by atoms with van der Waals surface area (Å²) in [4.78, 5) is 0. The van der Waals surface area contributed by atoms with Gasteiger partial charge in [0.1, 0.15) is 5.69 Å². The summed E-state index contributed by atoms with van der Waals surface area (Å²) in [5, 5.41) is 7.10. The molecule has 1 aromatic heterocycles. The summed E-state index contributed by atoms with van der Waals surface area (Å²) >= 11 is 0. The van der Waals surface area contributed by atoms with Crippen LogP contribution in [-0.2, 0) is 0 Å². The van der Waals surface area contributed by atoms with Crippen LogP contribution >= 0.6 is 0 Å². The summed E-state index contributed by atoms with van der Waals surface area (Å²) in [7, 11) is 0. The molecular formula is C11H11F2N3. The van der Waals surface area contributed by atoms with E-state index in [0.717, 1.165) is 16.8 Å². The fraction of sp³-hybridized carbons (Fsp3) is 0.273. The first-order valence-corrected chi connectivity index (χ1v) is 4.86. The minimum atomic E-state index is -2.58. The third kappa shape index (κ3) is 1.93. The highest BCUT2D eigenvalue weighted by atomic mass is 19.3. The lowest BCUT2D eigenvalue weighted by Crippen LogP contribution is -1.98. The second-order valence-electron chi connectivity index (χ2n) is 3.68. The molecule has 2 aromatic rings. The van der Waals surface area contributed by atoms with E-state index in [4.69, 9.17) is 0 Å². The van der Waals surface area contributed by atoms with Gasteiger partial charge in [0.05, 0.1) is 11.9 Å². The molecule has 0 N–H and O–H groups in total. The summed E-state index contributed by atoms with van der Waals surface area (Å²) in [6, 6.07) is 5.72. The molecule has 0 spiro atoms. The van der Waals surface area contributed by atoms with Crippen molar-refractivity contribution in [3.05, 3.63) is 41.2 Å². The SMILES string of the molecule is Cc1ccc(-n2cc(C(F)F)nn2)c(C)c1. The van der Waals surface area contributed by atoms with Gasteiger partial charge in [0.2, 0.25) is 0 Å². The lowest BCUT2D eigenvalue weighted by Gasteiger charge is -2.05. The molecule has 5 heteroatoms. The molecule has 1 aromatic carbocycles. The molecule has 3 nitrogen and oxygen atoms in total. The van der Waals surface area contributed by atoms with Gasteiger partial charge < -0.3 is 0 Å². The molecule has 0 aliphatic heterocycles. The van der Waals surface area contributed by atoms with Gasteiger partial charge in [0.15, 0.2) is 0 Å². The van der Waals surface area contributed by atoms with Gasteiger partial charge in [-0.3, -0.25) is 0 Å². The number of hydrogen-bond donors (Lipinski definition) is 0. The maximum Gasteiger partial charge on any atom is 0.283 e. The lowest BCUT2D eigenvalue weighted by atomic mass is 10.1. The Bertz CT molecular complexity index is 506. The molecule has 0 atom stereocenters. The summed E-state index contributed by atoms with van der Waals surface area (Å²) in [5.41, 5.74) is 2.56. The Morgan fingerprint density at radius 1 is 1.25 bits per heavy atom. The second kappa shape index (κ2) is 4.00. The third-order valence-electron chi connectivity index (χ3n) is 2.33. The van der Waals surface area contributed by atoms with Gasteiger partial charge in [-0.05, 0) is 25.5 Å². The highest BCUT2D eigenvalue weighted by molar-refractivity contribution is 5.41. The Balaban J connectivity index is 2.42. The van der Waals surface area contributed by atoms with Crippen molar-refractivity contribution in [2.45, 2.75) is 20.3 Å². The fourth-order valence-electron chi connectivity index (χ4n) is 1.56. The first-order valence-electron chi connectivity index (χ1n) is 4.86. The van der Waals surface area contributed by atoms with E-state index in [1.165, 1.54) is 10.9 Å². The number of aryl methyl sites for hydroxylation is 2. The van der Waals surface area contributed by atoms with E-state index in [1.807, 2.05) is 32.0 Å². The third-order valence-corrected chi connectivity index (χ3v) is 2.33. The van der Waals surface area contributed by atoms with Crippen LogP contribution in [0.4, 0.5) is 8.78 Å². The second-order valence-corrected chi connectivity index (χ2v) is 3.68. The van der Waals surface area contributed by atoms with Gasteiger partial charge >= 0.3 is 0 Å². The number of aromatic nitrogens is 3. The summed E-state index contributed by atoms with van der Waals surface area (Å²) in [6.07, 6.45) is -1.33. The number of rotatable bonds is 2. The number of benzene rings is 1. The number of hydrogen-bond acceptors (Lipinski definition) is 2. The van der Waals surface area contributed by atoms with Crippen molar-refractivity contribution in [1.29, 1.82) is 0 Å². The first kappa shape index (κ1) is 10.7. The van der Waals surface area contributed by atoms with Crippen molar-refractivity contribution >= 4 is 0 Å². The number of alkyl halides is 2. The molecule has 0 aliphatic carbocycles. The smallest absolute Gasteiger partial charge is 0.220 e. The quantitative estimate of drug-likeness (QED) is 0.783. The Morgan fingerprint density at radius 2 is 2.00 bits per heavy atom. The van der Waals surface area contributed by atoms with Crippen LogP contribution in [0.1, 0.15) is 23.2 Å². The Kier molecular flexibility index (Phi) is 2.68. The molecule has 0 bridgehead atoms. The van der Waals surface area contributed by atoms with Crippen molar-refractivity contribution in [2.24, 2.45) is 0 Å². The van der Waals surface area contributed by atoms with Gasteiger partial charge in [-0.2, -0.15) is 0 Å². The van der Waals surface area contributed by atoms with E-state index in [0.29, 0.717) is 0 Å². The van der Waals surface area contributed by atoms with Crippen LogP contribution in [0.25, 0.3) is 5.69 Å². The Morgan fingerprint density at radius 3 is 2.56 bits per heavy atom. The van der Waals surface area contributed by atoms with Crippen molar-refractivity contribution in [2.75, 3.05) is 0 Å². The standard InChI is InChI=1S/C11H11F2N3/c1-7-3-4-10(8(2)5-7)16-6-9(11(12)13)14-15-16/h3-6,11H,1-2H3. The molecule has 0 radical (unpaired) electrons. The van der Waals surface area contributed by atoms with Crippen molar-refractivity contribution in [1.82, 2.24) is 15.0 Å². The van der Waals surface area contributed by atoms with Crippen LogP contribution in [0.5, 0.6) is 0 Å². The largest absolute Gasteiger partial charge is 0.283 e. The van der Waals surface area contributed by atoms with E-state index in [2.05, 4.69) is 10.3 Å². The first-order chi connectivity index (χ1) is 7.58. The maximum absolute atomic E-state index is 12.3. The number of halogens is 2. The normalized spacial score (nSPS) is 11.1. The zero-order valence-electron chi connectivity index (χ0n) is 8.98. The molecular weight excluding hydrogens is 212 g/mol. The highest BCUT2D eigenvalue weighted by Gasteiger charge is 2.13. The molecule has 84 valence electrons. The molecule has 0 saturated heterocycles. The molecule has 0 saturated carbocycles. The predicted octanol–water partition coefficient (Wildman–Crippen LogP) is 2.82. The number of nitrogens with zero attached hydrogens (tertiary/aromatic N) is 3.